The van der Waals surface area contributed by atoms with Crippen molar-refractivity contribution < 1.29 is 9.47 Å². The molecule has 1 aliphatic rings. The van der Waals surface area contributed by atoms with Crippen LogP contribution in [-0.2, 0) is 0 Å². The highest BCUT2D eigenvalue weighted by atomic mass is 127. The van der Waals surface area contributed by atoms with E-state index in [1.54, 1.807) is 14.2 Å². The minimum absolute atomic E-state index is 0. The molecule has 0 aliphatic carbocycles. The van der Waals surface area contributed by atoms with Crippen LogP contribution in [0.5, 0.6) is 11.5 Å². The number of nitrogens with zero attached hydrogens (tertiary/aromatic N) is 2. The van der Waals surface area contributed by atoms with E-state index in [-0.39, 0.29) is 24.0 Å². The number of guanidine groups is 1. The first-order valence-corrected chi connectivity index (χ1v) is 9.58. The minimum atomic E-state index is 0. The molecular formula is C20H35IN4O2. The maximum Gasteiger partial charge on any atom is 0.195 e. The molecule has 0 radical (unpaired) electrons. The summed E-state index contributed by atoms with van der Waals surface area (Å²) in [4.78, 5) is 7.40. The average molecular weight is 490 g/mol. The molecule has 1 aliphatic heterocycles. The molecule has 0 unspecified atom stereocenters. The summed E-state index contributed by atoms with van der Waals surface area (Å²) < 4.78 is 10.7. The quantitative estimate of drug-likeness (QED) is 0.330. The van der Waals surface area contributed by atoms with Gasteiger partial charge in [-0.1, -0.05) is 13.8 Å². The third-order valence-electron chi connectivity index (χ3n) is 4.55. The van der Waals surface area contributed by atoms with Gasteiger partial charge in [-0.25, -0.2) is 0 Å². The van der Waals surface area contributed by atoms with Gasteiger partial charge in [-0.3, -0.25) is 9.89 Å². The largest absolute Gasteiger partial charge is 0.493 e. The number of methoxy groups -OCH3 is 2. The second-order valence-electron chi connectivity index (χ2n) is 7.10. The van der Waals surface area contributed by atoms with Gasteiger partial charge in [0.25, 0.3) is 0 Å². The van der Waals surface area contributed by atoms with Crippen LogP contribution in [0.3, 0.4) is 0 Å². The molecular weight excluding hydrogens is 455 g/mol. The number of hydrogen-bond acceptors (Lipinski definition) is 4. The molecule has 1 saturated heterocycles. The van der Waals surface area contributed by atoms with Crippen LogP contribution < -0.4 is 20.1 Å². The Morgan fingerprint density at radius 1 is 1.26 bits per heavy atom. The molecule has 0 amide bonds. The van der Waals surface area contributed by atoms with Gasteiger partial charge in [0.2, 0.25) is 0 Å². The van der Waals surface area contributed by atoms with E-state index in [0.29, 0.717) is 17.7 Å². The molecule has 0 spiro atoms. The summed E-state index contributed by atoms with van der Waals surface area (Å²) in [5, 5.41) is 6.70. The lowest BCUT2D eigenvalue weighted by Gasteiger charge is -2.25. The van der Waals surface area contributed by atoms with Crippen molar-refractivity contribution in [2.45, 2.75) is 39.7 Å². The zero-order chi connectivity index (χ0) is 18.9. The number of ether oxygens (including phenoxy) is 2. The number of halogens is 1. The topological polar surface area (TPSA) is 58.1 Å². The molecule has 2 rings (SSSR count). The van der Waals surface area contributed by atoms with Gasteiger partial charge >= 0.3 is 0 Å². The van der Waals surface area contributed by atoms with Crippen LogP contribution in [0.2, 0.25) is 0 Å². The van der Waals surface area contributed by atoms with Crippen LogP contribution in [0.25, 0.3) is 0 Å². The first-order valence-electron chi connectivity index (χ1n) is 9.58. The summed E-state index contributed by atoms with van der Waals surface area (Å²) in [5.41, 5.74) is 0.924. The predicted octanol–water partition coefficient (Wildman–Crippen LogP) is 3.82. The molecule has 1 aromatic rings. The molecule has 1 atom stereocenters. The fraction of sp³-hybridized carbons (Fsp3) is 0.650. The van der Waals surface area contributed by atoms with E-state index in [4.69, 9.17) is 14.5 Å². The van der Waals surface area contributed by atoms with Gasteiger partial charge in [0.1, 0.15) is 0 Å². The lowest BCUT2D eigenvalue weighted by Crippen LogP contribution is -2.36. The maximum absolute atomic E-state index is 5.38. The number of nitrogens with one attached hydrogen (secondary N) is 2. The highest BCUT2D eigenvalue weighted by molar-refractivity contribution is 14.0. The van der Waals surface area contributed by atoms with Crippen molar-refractivity contribution in [2.24, 2.45) is 10.9 Å². The summed E-state index contributed by atoms with van der Waals surface area (Å²) in [7, 11) is 3.28. The molecule has 6 nitrogen and oxygen atoms in total. The summed E-state index contributed by atoms with van der Waals surface area (Å²) in [6, 6.07) is 6.33. The number of hydrogen-bond donors (Lipinski definition) is 2. The van der Waals surface area contributed by atoms with E-state index in [9.17, 15) is 0 Å². The Labute approximate surface area is 181 Å². The van der Waals surface area contributed by atoms with Gasteiger partial charge < -0.3 is 20.1 Å². The normalized spacial score (nSPS) is 17.6. The number of anilines is 1. The molecule has 154 valence electrons. The standard InChI is InChI=1S/C20H34N4O2.HI/c1-6-21-20(22-13-17-8-7-11-24(17)14-15(2)3)23-16-9-10-18(25-4)19(12-16)26-5;/h9-10,12,15,17H,6-8,11,13-14H2,1-5H3,(H2,21,22,23);1H/t17-;/m1./s1. The van der Waals surface area contributed by atoms with E-state index < -0.39 is 0 Å². The summed E-state index contributed by atoms with van der Waals surface area (Å²) >= 11 is 0. The van der Waals surface area contributed by atoms with E-state index >= 15 is 0 Å². The Kier molecular flexibility index (Phi) is 10.8. The van der Waals surface area contributed by atoms with Crippen molar-refractivity contribution in [3.05, 3.63) is 18.2 Å². The van der Waals surface area contributed by atoms with Gasteiger partial charge in [0.05, 0.1) is 20.8 Å². The first-order chi connectivity index (χ1) is 12.6. The highest BCUT2D eigenvalue weighted by Crippen LogP contribution is 2.29. The van der Waals surface area contributed by atoms with Crippen LogP contribution in [0.4, 0.5) is 5.69 Å². The average Bonchev–Trinajstić information content (AvgIpc) is 3.06. The zero-order valence-electron chi connectivity index (χ0n) is 17.2. The van der Waals surface area contributed by atoms with Crippen LogP contribution in [0, 0.1) is 5.92 Å². The van der Waals surface area contributed by atoms with Crippen molar-refractivity contribution in [1.82, 2.24) is 10.2 Å². The van der Waals surface area contributed by atoms with E-state index in [1.165, 1.54) is 19.4 Å². The van der Waals surface area contributed by atoms with E-state index in [1.807, 2.05) is 18.2 Å². The third-order valence-corrected chi connectivity index (χ3v) is 4.55. The van der Waals surface area contributed by atoms with E-state index in [2.05, 4.69) is 36.3 Å². The molecule has 27 heavy (non-hydrogen) atoms. The second kappa shape index (κ2) is 12.3. The Morgan fingerprint density at radius 3 is 2.63 bits per heavy atom. The molecule has 1 aromatic carbocycles. The molecule has 2 N–H and O–H groups in total. The van der Waals surface area contributed by atoms with Crippen molar-refractivity contribution in [3.63, 3.8) is 0 Å². The van der Waals surface area contributed by atoms with Crippen molar-refractivity contribution in [3.8, 4) is 11.5 Å². The smallest absolute Gasteiger partial charge is 0.195 e. The van der Waals surface area contributed by atoms with Crippen molar-refractivity contribution in [2.75, 3.05) is 45.7 Å². The van der Waals surface area contributed by atoms with Crippen molar-refractivity contribution in [1.29, 1.82) is 0 Å². The molecule has 1 fully saturated rings. The summed E-state index contributed by atoms with van der Waals surface area (Å²) in [6.45, 7) is 10.6. The SMILES string of the molecule is CCNC(=NC[C@H]1CCCN1CC(C)C)Nc1ccc(OC)c(OC)c1.I. The fourth-order valence-electron chi connectivity index (χ4n) is 3.37. The third kappa shape index (κ3) is 7.37. The van der Waals surface area contributed by atoms with Gasteiger partial charge in [-0.15, -0.1) is 24.0 Å². The lowest BCUT2D eigenvalue weighted by atomic mass is 10.2. The van der Waals surface area contributed by atoms with Crippen LogP contribution in [0.15, 0.2) is 23.2 Å². The minimum Gasteiger partial charge on any atom is -0.493 e. The van der Waals surface area contributed by atoms with Crippen LogP contribution in [0.1, 0.15) is 33.6 Å². The second-order valence-corrected chi connectivity index (χ2v) is 7.10. The van der Waals surface area contributed by atoms with Crippen LogP contribution >= 0.6 is 24.0 Å². The summed E-state index contributed by atoms with van der Waals surface area (Å²) in [5.74, 6) is 2.91. The number of benzene rings is 1. The van der Waals surface area contributed by atoms with Crippen LogP contribution in [-0.4, -0.2) is 57.3 Å². The van der Waals surface area contributed by atoms with Gasteiger partial charge in [0.15, 0.2) is 17.5 Å². The Balaban J connectivity index is 0.00000364. The van der Waals surface area contributed by atoms with Gasteiger partial charge in [-0.2, -0.15) is 0 Å². The van der Waals surface area contributed by atoms with E-state index in [0.717, 1.165) is 37.0 Å². The lowest BCUT2D eigenvalue weighted by molar-refractivity contribution is 0.231. The number of aliphatic imine (C=N–C) groups is 1. The number of rotatable bonds is 8. The maximum atomic E-state index is 5.38. The van der Waals surface area contributed by atoms with Gasteiger partial charge in [0, 0.05) is 30.9 Å². The first kappa shape index (κ1) is 23.8. The molecule has 0 saturated carbocycles. The molecule has 1 heterocycles. The number of likely N-dealkylation sites (tertiary alicyclic amines) is 1. The zero-order valence-corrected chi connectivity index (χ0v) is 19.6. The highest BCUT2D eigenvalue weighted by Gasteiger charge is 2.24. The Bertz CT molecular complexity index is 595. The monoisotopic (exact) mass is 490 g/mol. The predicted molar refractivity (Wildman–Crippen MR) is 124 cm³/mol. The fourth-order valence-corrected chi connectivity index (χ4v) is 3.37. The molecule has 0 bridgehead atoms. The molecule has 7 heteroatoms. The Morgan fingerprint density at radius 2 is 2.00 bits per heavy atom. The summed E-state index contributed by atoms with van der Waals surface area (Å²) in [6.07, 6.45) is 2.50. The van der Waals surface area contributed by atoms with Crippen molar-refractivity contribution >= 4 is 35.6 Å². The molecule has 0 aromatic heterocycles. The Hall–Kier alpha value is -1.22. The van der Waals surface area contributed by atoms with Gasteiger partial charge in [-0.05, 0) is 44.4 Å².